The molecule has 0 spiro atoms. The van der Waals surface area contributed by atoms with Crippen LogP contribution in [0.5, 0.6) is 0 Å². The van der Waals surface area contributed by atoms with Gasteiger partial charge in [0, 0.05) is 12.4 Å². The number of rotatable bonds is 7. The molecule has 0 bridgehead atoms. The number of likely N-dealkylation sites (N-methyl/N-ethyl adjacent to an activating group) is 1. The van der Waals surface area contributed by atoms with E-state index in [2.05, 4.69) is 67.6 Å². The number of methoxy groups -OCH3 is 1. The Morgan fingerprint density at radius 3 is 2.41 bits per heavy atom. The van der Waals surface area contributed by atoms with E-state index >= 15 is 0 Å². The summed E-state index contributed by atoms with van der Waals surface area (Å²) < 4.78 is 4.83. The molecule has 0 amide bonds. The average molecular weight is 425 g/mol. The molecule has 1 aromatic heterocycles. The molecule has 162 valence electrons. The van der Waals surface area contributed by atoms with Gasteiger partial charge in [-0.2, -0.15) is 0 Å². The summed E-state index contributed by atoms with van der Waals surface area (Å²) in [7, 11) is 3.25. The molecular weight excluding hydrogens is 396 g/mol. The fraction of sp³-hybridized carbons (Fsp3) is 0.214. The Balaban J connectivity index is 1.85. The van der Waals surface area contributed by atoms with Crippen molar-refractivity contribution >= 4 is 22.7 Å². The second-order valence-corrected chi connectivity index (χ2v) is 8.01. The van der Waals surface area contributed by atoms with Crippen LogP contribution in [-0.2, 0) is 16.0 Å². The van der Waals surface area contributed by atoms with Gasteiger partial charge in [-0.15, -0.1) is 0 Å². The van der Waals surface area contributed by atoms with Crippen molar-refractivity contribution in [3.05, 3.63) is 84.4 Å². The highest BCUT2D eigenvalue weighted by molar-refractivity contribution is 5.98. The van der Waals surface area contributed by atoms with Crippen LogP contribution in [0.4, 0.5) is 5.82 Å². The number of aryl methyl sites for hydroxylation is 1. The van der Waals surface area contributed by atoms with Crippen LogP contribution in [0.25, 0.3) is 33.2 Å². The van der Waals surface area contributed by atoms with Crippen LogP contribution in [-0.4, -0.2) is 31.7 Å². The highest BCUT2D eigenvalue weighted by atomic mass is 16.5. The number of carbonyl (C=O) groups is 1. The molecule has 0 aliphatic rings. The highest BCUT2D eigenvalue weighted by Crippen LogP contribution is 2.34. The van der Waals surface area contributed by atoms with Crippen molar-refractivity contribution in [1.29, 1.82) is 0 Å². The van der Waals surface area contributed by atoms with Gasteiger partial charge in [-0.05, 0) is 52.4 Å². The van der Waals surface area contributed by atoms with Gasteiger partial charge in [0.25, 0.3) is 0 Å². The zero-order chi connectivity index (χ0) is 22.5. The normalized spacial score (nSPS) is 10.8. The molecule has 0 unspecified atom stereocenters. The van der Waals surface area contributed by atoms with Gasteiger partial charge in [0.15, 0.2) is 0 Å². The zero-order valence-corrected chi connectivity index (χ0v) is 18.8. The number of esters is 1. The molecular formula is C28H28N2O2. The Morgan fingerprint density at radius 2 is 1.66 bits per heavy atom. The summed E-state index contributed by atoms with van der Waals surface area (Å²) in [4.78, 5) is 18.5. The Hall–Kier alpha value is -3.66. The number of nitrogens with zero attached hydrogens (tertiary/aromatic N) is 2. The predicted octanol–water partition coefficient (Wildman–Crippen LogP) is 6.13. The highest BCUT2D eigenvalue weighted by Gasteiger charge is 2.14. The first-order chi connectivity index (χ1) is 15.6. The van der Waals surface area contributed by atoms with Gasteiger partial charge in [0.2, 0.25) is 0 Å². The Kier molecular flexibility index (Phi) is 6.50. The van der Waals surface area contributed by atoms with Crippen LogP contribution in [0.3, 0.4) is 0 Å². The number of anilines is 1. The molecule has 4 rings (SSSR count). The summed E-state index contributed by atoms with van der Waals surface area (Å²) in [6.07, 6.45) is 2.21. The molecule has 1 heterocycles. The van der Waals surface area contributed by atoms with Crippen molar-refractivity contribution in [3.8, 4) is 22.3 Å². The number of carbonyl (C=O) groups excluding carboxylic acids is 1. The Morgan fingerprint density at radius 1 is 0.906 bits per heavy atom. The van der Waals surface area contributed by atoms with E-state index in [1.165, 1.54) is 23.8 Å². The van der Waals surface area contributed by atoms with Crippen LogP contribution < -0.4 is 4.90 Å². The van der Waals surface area contributed by atoms with Crippen LogP contribution >= 0.6 is 0 Å². The molecule has 0 aliphatic heterocycles. The van der Waals surface area contributed by atoms with Crippen molar-refractivity contribution in [1.82, 2.24) is 4.98 Å². The Bertz CT molecular complexity index is 1230. The summed E-state index contributed by atoms with van der Waals surface area (Å²) in [5.74, 6) is 0.442. The third-order valence-electron chi connectivity index (χ3n) is 5.66. The van der Waals surface area contributed by atoms with E-state index in [0.29, 0.717) is 0 Å². The largest absolute Gasteiger partial charge is 0.468 e. The van der Waals surface area contributed by atoms with Crippen molar-refractivity contribution in [2.24, 2.45) is 0 Å². The van der Waals surface area contributed by atoms with Crippen LogP contribution in [0, 0.1) is 0 Å². The first kappa shape index (κ1) is 21.6. The molecule has 0 saturated carbocycles. The minimum absolute atomic E-state index is 0.144. The lowest BCUT2D eigenvalue weighted by molar-refractivity contribution is -0.138. The van der Waals surface area contributed by atoms with Crippen molar-refractivity contribution in [2.45, 2.75) is 19.8 Å². The minimum Gasteiger partial charge on any atom is -0.468 e. The smallest absolute Gasteiger partial charge is 0.325 e. The number of fused-ring (bicyclic) bond motifs is 1. The van der Waals surface area contributed by atoms with Gasteiger partial charge in [-0.1, -0.05) is 74.0 Å². The maximum Gasteiger partial charge on any atom is 0.325 e. The second kappa shape index (κ2) is 9.65. The van der Waals surface area contributed by atoms with E-state index in [1.807, 2.05) is 30.1 Å². The SMILES string of the molecule is CCCc1cccc(-c2ccc3nc(N(C)CC(=O)OC)cc(-c4ccccc4)c3c2)c1. The van der Waals surface area contributed by atoms with E-state index in [0.717, 1.165) is 40.7 Å². The maximum absolute atomic E-state index is 11.8. The third kappa shape index (κ3) is 4.65. The van der Waals surface area contributed by atoms with Crippen LogP contribution in [0.2, 0.25) is 0 Å². The summed E-state index contributed by atoms with van der Waals surface area (Å²) >= 11 is 0. The van der Waals surface area contributed by atoms with Gasteiger partial charge in [-0.3, -0.25) is 4.79 Å². The van der Waals surface area contributed by atoms with Gasteiger partial charge in [-0.25, -0.2) is 4.98 Å². The second-order valence-electron chi connectivity index (χ2n) is 8.01. The molecule has 3 aromatic carbocycles. The Labute approximate surface area is 189 Å². The maximum atomic E-state index is 11.8. The molecule has 4 heteroatoms. The number of hydrogen-bond acceptors (Lipinski definition) is 4. The first-order valence-electron chi connectivity index (χ1n) is 11.0. The summed E-state index contributed by atoms with van der Waals surface area (Å²) in [5, 5.41) is 1.09. The number of benzene rings is 3. The van der Waals surface area contributed by atoms with Crippen LogP contribution in [0.15, 0.2) is 78.9 Å². The summed E-state index contributed by atoms with van der Waals surface area (Å²) in [6, 6.07) is 27.5. The number of hydrogen-bond donors (Lipinski definition) is 0. The van der Waals surface area contributed by atoms with Crippen molar-refractivity contribution in [3.63, 3.8) is 0 Å². The number of ether oxygens (including phenoxy) is 1. The summed E-state index contributed by atoms with van der Waals surface area (Å²) in [5.41, 5.74) is 6.84. The molecule has 0 N–H and O–H groups in total. The number of aromatic nitrogens is 1. The van der Waals surface area contributed by atoms with Crippen LogP contribution in [0.1, 0.15) is 18.9 Å². The number of pyridine rings is 1. The molecule has 4 aromatic rings. The third-order valence-corrected chi connectivity index (χ3v) is 5.66. The molecule has 0 fully saturated rings. The standard InChI is InChI=1S/C28H28N2O2/c1-4-9-20-10-8-13-22(16-20)23-14-15-26-25(17-23)24(21-11-6-5-7-12-21)18-27(29-26)30(2)19-28(31)32-3/h5-8,10-18H,4,9,19H2,1-3H3. The lowest BCUT2D eigenvalue weighted by Crippen LogP contribution is -2.27. The minimum atomic E-state index is -0.294. The monoisotopic (exact) mass is 424 g/mol. The van der Waals surface area contributed by atoms with Crippen molar-refractivity contribution in [2.75, 3.05) is 25.6 Å². The fourth-order valence-electron chi connectivity index (χ4n) is 3.98. The van der Waals surface area contributed by atoms with Crippen molar-refractivity contribution < 1.29 is 9.53 Å². The van der Waals surface area contributed by atoms with Gasteiger partial charge < -0.3 is 9.64 Å². The molecule has 4 nitrogen and oxygen atoms in total. The molecule has 0 radical (unpaired) electrons. The molecule has 32 heavy (non-hydrogen) atoms. The van der Waals surface area contributed by atoms with E-state index in [9.17, 15) is 4.79 Å². The van der Waals surface area contributed by atoms with E-state index < -0.39 is 0 Å². The van der Waals surface area contributed by atoms with E-state index in [1.54, 1.807) is 0 Å². The zero-order valence-electron chi connectivity index (χ0n) is 18.8. The fourth-order valence-corrected chi connectivity index (χ4v) is 3.98. The molecule has 0 atom stereocenters. The van der Waals surface area contributed by atoms with Gasteiger partial charge >= 0.3 is 5.97 Å². The van der Waals surface area contributed by atoms with Gasteiger partial charge in [0.1, 0.15) is 12.4 Å². The molecule has 0 aliphatic carbocycles. The topological polar surface area (TPSA) is 42.4 Å². The lowest BCUT2D eigenvalue weighted by atomic mass is 9.96. The average Bonchev–Trinajstić information content (AvgIpc) is 2.83. The first-order valence-corrected chi connectivity index (χ1v) is 11.0. The van der Waals surface area contributed by atoms with E-state index in [4.69, 9.17) is 9.72 Å². The predicted molar refractivity (Wildman–Crippen MR) is 132 cm³/mol. The lowest BCUT2D eigenvalue weighted by Gasteiger charge is -2.19. The molecule has 0 saturated heterocycles. The van der Waals surface area contributed by atoms with Gasteiger partial charge in [0.05, 0.1) is 12.6 Å². The van der Waals surface area contributed by atoms with E-state index in [-0.39, 0.29) is 12.5 Å². The quantitative estimate of drug-likeness (QED) is 0.335. The summed E-state index contributed by atoms with van der Waals surface area (Å²) in [6.45, 7) is 2.35.